The molecule has 0 spiro atoms. The number of alkyl halides is 3. The fourth-order valence-corrected chi connectivity index (χ4v) is 2.50. The molecule has 3 nitrogen and oxygen atoms in total. The molecular formula is C15H20F3N3. The summed E-state index contributed by atoms with van der Waals surface area (Å²) in [5.41, 5.74) is 1.87. The number of halogens is 3. The van der Waals surface area contributed by atoms with Crippen LogP contribution >= 0.6 is 0 Å². The second-order valence-corrected chi connectivity index (χ2v) is 5.23. The van der Waals surface area contributed by atoms with Crippen LogP contribution in [0.1, 0.15) is 32.1 Å². The summed E-state index contributed by atoms with van der Waals surface area (Å²) in [6, 6.07) is 7.65. The molecule has 0 aliphatic heterocycles. The van der Waals surface area contributed by atoms with Crippen LogP contribution in [0.15, 0.2) is 24.3 Å². The molecule has 0 saturated heterocycles. The predicted octanol–water partition coefficient (Wildman–Crippen LogP) is 3.70. The van der Waals surface area contributed by atoms with E-state index < -0.39 is 12.7 Å². The summed E-state index contributed by atoms with van der Waals surface area (Å²) in [6.07, 6.45) is -2.41. The Morgan fingerprint density at radius 1 is 1.29 bits per heavy atom. The lowest BCUT2D eigenvalue weighted by molar-refractivity contribution is -0.124. The summed E-state index contributed by atoms with van der Waals surface area (Å²) in [5.74, 6) is 0.931. The van der Waals surface area contributed by atoms with Gasteiger partial charge in [0.25, 0.3) is 0 Å². The average Bonchev–Trinajstić information content (AvgIpc) is 2.75. The Balaban J connectivity index is 2.20. The molecule has 1 N–H and O–H groups in total. The first-order valence-electron chi connectivity index (χ1n) is 7.15. The zero-order valence-electron chi connectivity index (χ0n) is 12.2. The van der Waals surface area contributed by atoms with Gasteiger partial charge in [-0.15, -0.1) is 0 Å². The van der Waals surface area contributed by atoms with Crippen molar-refractivity contribution in [2.45, 2.75) is 38.9 Å². The molecule has 0 saturated carbocycles. The molecule has 1 aromatic carbocycles. The van der Waals surface area contributed by atoms with Gasteiger partial charge in [0, 0.05) is 19.0 Å². The third-order valence-corrected chi connectivity index (χ3v) is 3.35. The minimum atomic E-state index is -4.18. The van der Waals surface area contributed by atoms with Gasteiger partial charge in [-0.25, -0.2) is 4.98 Å². The highest BCUT2D eigenvalue weighted by atomic mass is 19.4. The van der Waals surface area contributed by atoms with Gasteiger partial charge in [0.1, 0.15) is 5.82 Å². The van der Waals surface area contributed by atoms with Crippen molar-refractivity contribution in [3.05, 3.63) is 30.1 Å². The molecule has 0 radical (unpaired) electrons. The van der Waals surface area contributed by atoms with Gasteiger partial charge in [-0.05, 0) is 25.5 Å². The summed E-state index contributed by atoms with van der Waals surface area (Å²) < 4.78 is 38.7. The number of para-hydroxylation sites is 2. The van der Waals surface area contributed by atoms with Crippen LogP contribution in [0.5, 0.6) is 0 Å². The lowest BCUT2D eigenvalue weighted by Gasteiger charge is -2.19. The van der Waals surface area contributed by atoms with Crippen LogP contribution in [-0.2, 0) is 6.42 Å². The van der Waals surface area contributed by atoms with Crippen molar-refractivity contribution in [2.24, 2.45) is 0 Å². The van der Waals surface area contributed by atoms with E-state index in [1.165, 1.54) is 0 Å². The molecule has 21 heavy (non-hydrogen) atoms. The molecule has 6 heteroatoms. The lowest BCUT2D eigenvalue weighted by Crippen LogP contribution is -2.33. The molecule has 0 amide bonds. The number of fused-ring (bicyclic) bond motifs is 1. The summed E-state index contributed by atoms with van der Waals surface area (Å²) in [5, 5.41) is 2.47. The zero-order valence-corrected chi connectivity index (χ0v) is 12.2. The second kappa shape index (κ2) is 6.47. The molecule has 116 valence electrons. The third-order valence-electron chi connectivity index (χ3n) is 3.35. The molecule has 1 atom stereocenters. The standard InChI is InChI=1S/C15H20F3N3/c1-3-6-14-20-12-7-4-5-8-13(12)21(14)11(2)9-19-10-15(16,17)18/h4-5,7-8,11,19H,3,6,9-10H2,1-2H3. The predicted molar refractivity (Wildman–Crippen MR) is 77.4 cm³/mol. The number of aryl methyl sites for hydroxylation is 1. The first-order chi connectivity index (χ1) is 9.92. The van der Waals surface area contributed by atoms with E-state index in [1.54, 1.807) is 0 Å². The summed E-state index contributed by atoms with van der Waals surface area (Å²) in [7, 11) is 0. The fraction of sp³-hybridized carbons (Fsp3) is 0.533. The van der Waals surface area contributed by atoms with Crippen LogP contribution in [0, 0.1) is 0 Å². The quantitative estimate of drug-likeness (QED) is 0.881. The molecule has 1 unspecified atom stereocenters. The third kappa shape index (κ3) is 3.97. The van der Waals surface area contributed by atoms with Crippen molar-refractivity contribution >= 4 is 11.0 Å². The maximum Gasteiger partial charge on any atom is 0.401 e. The van der Waals surface area contributed by atoms with E-state index in [2.05, 4.69) is 17.2 Å². The Bertz CT molecular complexity index is 589. The van der Waals surface area contributed by atoms with Crippen LogP contribution in [-0.4, -0.2) is 28.8 Å². The fourth-order valence-electron chi connectivity index (χ4n) is 2.50. The first kappa shape index (κ1) is 15.8. The topological polar surface area (TPSA) is 29.9 Å². The van der Waals surface area contributed by atoms with E-state index in [-0.39, 0.29) is 12.6 Å². The smallest absolute Gasteiger partial charge is 0.324 e. The van der Waals surface area contributed by atoms with Crippen LogP contribution in [0.3, 0.4) is 0 Å². The van der Waals surface area contributed by atoms with Crippen molar-refractivity contribution in [1.82, 2.24) is 14.9 Å². The Morgan fingerprint density at radius 2 is 2.00 bits per heavy atom. The van der Waals surface area contributed by atoms with Crippen molar-refractivity contribution in [2.75, 3.05) is 13.1 Å². The minimum Gasteiger partial charge on any atom is -0.324 e. The number of hydrogen-bond donors (Lipinski definition) is 1. The first-order valence-corrected chi connectivity index (χ1v) is 7.15. The van der Waals surface area contributed by atoms with Crippen molar-refractivity contribution < 1.29 is 13.2 Å². The number of rotatable bonds is 6. The van der Waals surface area contributed by atoms with Gasteiger partial charge in [-0.2, -0.15) is 13.2 Å². The number of nitrogens with zero attached hydrogens (tertiary/aromatic N) is 2. The van der Waals surface area contributed by atoms with E-state index >= 15 is 0 Å². The van der Waals surface area contributed by atoms with Crippen LogP contribution < -0.4 is 5.32 Å². The van der Waals surface area contributed by atoms with E-state index in [9.17, 15) is 13.2 Å². The van der Waals surface area contributed by atoms with Gasteiger partial charge >= 0.3 is 6.18 Å². The highest BCUT2D eigenvalue weighted by Gasteiger charge is 2.26. The zero-order chi connectivity index (χ0) is 15.5. The molecule has 0 aliphatic carbocycles. The number of aromatic nitrogens is 2. The Morgan fingerprint density at radius 3 is 2.67 bits per heavy atom. The molecule has 0 fully saturated rings. The van der Waals surface area contributed by atoms with Crippen molar-refractivity contribution in [3.8, 4) is 0 Å². The Labute approximate surface area is 122 Å². The lowest BCUT2D eigenvalue weighted by atomic mass is 10.2. The second-order valence-electron chi connectivity index (χ2n) is 5.23. The molecule has 2 rings (SSSR count). The number of imidazole rings is 1. The average molecular weight is 299 g/mol. The molecule has 1 aromatic heterocycles. The molecule has 1 heterocycles. The number of benzene rings is 1. The highest BCUT2D eigenvalue weighted by molar-refractivity contribution is 5.76. The van der Waals surface area contributed by atoms with Crippen LogP contribution in [0.2, 0.25) is 0 Å². The van der Waals surface area contributed by atoms with Gasteiger partial charge in [-0.3, -0.25) is 0 Å². The number of nitrogens with one attached hydrogen (secondary N) is 1. The Hall–Kier alpha value is -1.56. The van der Waals surface area contributed by atoms with Gasteiger partial charge in [-0.1, -0.05) is 19.1 Å². The molecule has 0 aliphatic rings. The van der Waals surface area contributed by atoms with Gasteiger partial charge < -0.3 is 9.88 Å². The minimum absolute atomic E-state index is 0.0821. The highest BCUT2D eigenvalue weighted by Crippen LogP contribution is 2.22. The Kier molecular flexibility index (Phi) is 4.88. The maximum atomic E-state index is 12.2. The van der Waals surface area contributed by atoms with Gasteiger partial charge in [0.2, 0.25) is 0 Å². The van der Waals surface area contributed by atoms with E-state index in [0.717, 1.165) is 29.7 Å². The largest absolute Gasteiger partial charge is 0.401 e. The van der Waals surface area contributed by atoms with Crippen LogP contribution in [0.4, 0.5) is 13.2 Å². The van der Waals surface area contributed by atoms with Crippen LogP contribution in [0.25, 0.3) is 11.0 Å². The summed E-state index contributed by atoms with van der Waals surface area (Å²) in [6.45, 7) is 3.27. The molecule has 2 aromatic rings. The van der Waals surface area contributed by atoms with Gasteiger partial charge in [0.15, 0.2) is 0 Å². The van der Waals surface area contributed by atoms with Crippen molar-refractivity contribution in [3.63, 3.8) is 0 Å². The van der Waals surface area contributed by atoms with E-state index in [4.69, 9.17) is 0 Å². The normalized spacial score (nSPS) is 13.8. The number of hydrogen-bond acceptors (Lipinski definition) is 2. The van der Waals surface area contributed by atoms with E-state index in [1.807, 2.05) is 35.8 Å². The molecular weight excluding hydrogens is 279 g/mol. The summed E-state index contributed by atoms with van der Waals surface area (Å²) >= 11 is 0. The maximum absolute atomic E-state index is 12.2. The van der Waals surface area contributed by atoms with Gasteiger partial charge in [0.05, 0.1) is 17.6 Å². The van der Waals surface area contributed by atoms with E-state index in [0.29, 0.717) is 0 Å². The molecule has 0 bridgehead atoms. The summed E-state index contributed by atoms with van der Waals surface area (Å²) in [4.78, 5) is 4.59. The van der Waals surface area contributed by atoms with Crippen molar-refractivity contribution in [1.29, 1.82) is 0 Å². The SMILES string of the molecule is CCCc1nc2ccccc2n1C(C)CNCC(F)(F)F. The monoisotopic (exact) mass is 299 g/mol.